The maximum absolute atomic E-state index is 12.5. The molecule has 3 rings (SSSR count). The van der Waals surface area contributed by atoms with Gasteiger partial charge in [-0.3, -0.25) is 10.1 Å². The van der Waals surface area contributed by atoms with Crippen molar-refractivity contribution in [1.29, 1.82) is 0 Å². The Morgan fingerprint density at radius 1 is 1.42 bits per heavy atom. The highest BCUT2D eigenvalue weighted by atomic mass is 35.5. The van der Waals surface area contributed by atoms with Crippen LogP contribution in [-0.4, -0.2) is 16.1 Å². The number of hydrogen-bond donors (Lipinski definition) is 1. The van der Waals surface area contributed by atoms with Gasteiger partial charge in [-0.1, -0.05) is 41.5 Å². The lowest BCUT2D eigenvalue weighted by Gasteiger charge is -2.40. The average Bonchev–Trinajstić information content (AvgIpc) is 2.80. The molecule has 0 spiro atoms. The molecule has 19 heavy (non-hydrogen) atoms. The van der Waals surface area contributed by atoms with Crippen LogP contribution in [-0.2, 0) is 10.2 Å². The number of carbonyl (C=O) groups is 1. The molecule has 0 saturated heterocycles. The average molecular weight is 294 g/mol. The van der Waals surface area contributed by atoms with Gasteiger partial charge < -0.3 is 0 Å². The summed E-state index contributed by atoms with van der Waals surface area (Å²) in [5, 5.41) is 11.6. The maximum atomic E-state index is 12.5. The van der Waals surface area contributed by atoms with Gasteiger partial charge in [-0.25, -0.2) is 0 Å². The van der Waals surface area contributed by atoms with Crippen LogP contribution in [0.1, 0.15) is 24.8 Å². The van der Waals surface area contributed by atoms with Crippen LogP contribution < -0.4 is 5.32 Å². The molecular weight excluding hydrogens is 282 g/mol. The Kier molecular flexibility index (Phi) is 3.24. The first-order chi connectivity index (χ1) is 9.21. The summed E-state index contributed by atoms with van der Waals surface area (Å²) in [7, 11) is 0. The zero-order chi connectivity index (χ0) is 13.3. The number of nitrogens with one attached hydrogen (secondary N) is 1. The molecule has 1 aliphatic carbocycles. The molecule has 0 radical (unpaired) electrons. The number of benzene rings is 1. The van der Waals surface area contributed by atoms with Gasteiger partial charge in [0.2, 0.25) is 11.0 Å². The van der Waals surface area contributed by atoms with E-state index < -0.39 is 5.41 Å². The van der Waals surface area contributed by atoms with Crippen molar-refractivity contribution in [3.05, 3.63) is 40.4 Å². The number of carbonyl (C=O) groups excluding carboxylic acids is 1. The molecule has 4 nitrogen and oxygen atoms in total. The minimum Gasteiger partial charge on any atom is -0.300 e. The summed E-state index contributed by atoms with van der Waals surface area (Å²) in [5.41, 5.74) is 2.12. The molecule has 1 amide bonds. The molecule has 1 N–H and O–H groups in total. The zero-order valence-electron chi connectivity index (χ0n) is 10.1. The summed E-state index contributed by atoms with van der Waals surface area (Å²) in [6.07, 6.45) is 2.74. The van der Waals surface area contributed by atoms with Crippen molar-refractivity contribution >= 4 is 34.0 Å². The van der Waals surface area contributed by atoms with E-state index >= 15 is 0 Å². The Morgan fingerprint density at radius 3 is 2.84 bits per heavy atom. The second kappa shape index (κ2) is 4.90. The normalized spacial score (nSPS) is 16.7. The summed E-state index contributed by atoms with van der Waals surface area (Å²) >= 11 is 7.35. The summed E-state index contributed by atoms with van der Waals surface area (Å²) in [4.78, 5) is 12.5. The van der Waals surface area contributed by atoms with E-state index in [1.54, 1.807) is 5.51 Å². The molecule has 1 heterocycles. The molecule has 98 valence electrons. The summed E-state index contributed by atoms with van der Waals surface area (Å²) in [5.74, 6) is -0.0160. The van der Waals surface area contributed by atoms with Crippen molar-refractivity contribution < 1.29 is 4.79 Å². The first kappa shape index (κ1) is 12.6. The lowest BCUT2D eigenvalue weighted by atomic mass is 9.64. The molecule has 6 heteroatoms. The van der Waals surface area contributed by atoms with Crippen LogP contribution >= 0.6 is 22.9 Å². The number of hydrogen-bond acceptors (Lipinski definition) is 4. The van der Waals surface area contributed by atoms with Crippen molar-refractivity contribution in [2.45, 2.75) is 24.7 Å². The van der Waals surface area contributed by atoms with Crippen LogP contribution in [0, 0.1) is 0 Å². The summed E-state index contributed by atoms with van der Waals surface area (Å²) in [6, 6.07) is 7.54. The van der Waals surface area contributed by atoms with Crippen LogP contribution in [0.25, 0.3) is 0 Å². The monoisotopic (exact) mass is 293 g/mol. The van der Waals surface area contributed by atoms with Crippen LogP contribution in [0.4, 0.5) is 5.13 Å². The molecular formula is C13H12ClN3OS. The number of halogens is 1. The lowest BCUT2D eigenvalue weighted by molar-refractivity contribution is -0.124. The molecule has 1 saturated carbocycles. The van der Waals surface area contributed by atoms with E-state index in [2.05, 4.69) is 15.5 Å². The van der Waals surface area contributed by atoms with E-state index in [0.29, 0.717) is 10.2 Å². The minimum atomic E-state index is -0.462. The van der Waals surface area contributed by atoms with E-state index in [-0.39, 0.29) is 5.91 Å². The van der Waals surface area contributed by atoms with Gasteiger partial charge in [-0.15, -0.1) is 10.2 Å². The smallest absolute Gasteiger partial charge is 0.236 e. The van der Waals surface area contributed by atoms with Crippen LogP contribution in [0.5, 0.6) is 0 Å². The third-order valence-electron chi connectivity index (χ3n) is 3.60. The van der Waals surface area contributed by atoms with Crippen molar-refractivity contribution in [3.63, 3.8) is 0 Å². The zero-order valence-corrected chi connectivity index (χ0v) is 11.7. The number of rotatable bonds is 3. The van der Waals surface area contributed by atoms with Gasteiger partial charge in [-0.2, -0.15) is 0 Å². The Morgan fingerprint density at radius 2 is 2.26 bits per heavy atom. The number of anilines is 1. The molecule has 0 unspecified atom stereocenters. The van der Waals surface area contributed by atoms with E-state index in [1.165, 1.54) is 11.3 Å². The van der Waals surface area contributed by atoms with E-state index in [0.717, 1.165) is 24.8 Å². The van der Waals surface area contributed by atoms with Gasteiger partial charge in [0.05, 0.1) is 5.41 Å². The van der Waals surface area contributed by atoms with Gasteiger partial charge in [-0.05, 0) is 30.5 Å². The van der Waals surface area contributed by atoms with E-state index in [1.807, 2.05) is 24.3 Å². The number of amides is 1. The minimum absolute atomic E-state index is 0.0160. The predicted octanol–water partition coefficient (Wildman–Crippen LogP) is 3.25. The molecule has 1 aliphatic rings. The fourth-order valence-electron chi connectivity index (χ4n) is 2.41. The van der Waals surface area contributed by atoms with Gasteiger partial charge in [0.1, 0.15) is 5.51 Å². The quantitative estimate of drug-likeness (QED) is 0.945. The van der Waals surface area contributed by atoms with Crippen LogP contribution in [0.15, 0.2) is 29.8 Å². The molecule has 2 aromatic rings. The SMILES string of the molecule is O=C(Nc1nncs1)C1(c2cccc(Cl)c2)CCC1. The molecule has 0 atom stereocenters. The maximum Gasteiger partial charge on any atom is 0.236 e. The van der Waals surface area contributed by atoms with Gasteiger partial charge in [0.25, 0.3) is 0 Å². The van der Waals surface area contributed by atoms with E-state index in [4.69, 9.17) is 11.6 Å². The second-order valence-electron chi connectivity index (χ2n) is 4.64. The Labute approximate surface area is 119 Å². The summed E-state index contributed by atoms with van der Waals surface area (Å²) < 4.78 is 0. The number of nitrogens with zero attached hydrogens (tertiary/aromatic N) is 2. The Balaban J connectivity index is 1.88. The highest BCUT2D eigenvalue weighted by Gasteiger charge is 2.45. The Hall–Kier alpha value is -1.46. The first-order valence-corrected chi connectivity index (χ1v) is 7.30. The third kappa shape index (κ3) is 2.24. The van der Waals surface area contributed by atoms with Gasteiger partial charge in [0.15, 0.2) is 0 Å². The standard InChI is InChI=1S/C13H12ClN3OS/c14-10-4-1-3-9(7-10)13(5-2-6-13)11(18)16-12-17-15-8-19-12/h1,3-4,7-8H,2,5-6H2,(H,16,17,18). The summed E-state index contributed by atoms with van der Waals surface area (Å²) in [6.45, 7) is 0. The Bertz CT molecular complexity index is 596. The van der Waals surface area contributed by atoms with Crippen molar-refractivity contribution in [2.24, 2.45) is 0 Å². The highest BCUT2D eigenvalue weighted by Crippen LogP contribution is 2.45. The lowest BCUT2D eigenvalue weighted by Crippen LogP contribution is -2.46. The largest absolute Gasteiger partial charge is 0.300 e. The molecule has 1 aromatic heterocycles. The van der Waals surface area contributed by atoms with Crippen molar-refractivity contribution in [1.82, 2.24) is 10.2 Å². The fourth-order valence-corrected chi connectivity index (χ4v) is 3.04. The highest BCUT2D eigenvalue weighted by molar-refractivity contribution is 7.13. The van der Waals surface area contributed by atoms with Crippen molar-refractivity contribution in [2.75, 3.05) is 5.32 Å². The molecule has 0 aliphatic heterocycles. The van der Waals surface area contributed by atoms with Gasteiger partial charge in [0, 0.05) is 5.02 Å². The van der Waals surface area contributed by atoms with Crippen molar-refractivity contribution in [3.8, 4) is 0 Å². The molecule has 0 bridgehead atoms. The van der Waals surface area contributed by atoms with Crippen LogP contribution in [0.2, 0.25) is 5.02 Å². The number of aromatic nitrogens is 2. The van der Waals surface area contributed by atoms with Gasteiger partial charge >= 0.3 is 0 Å². The topological polar surface area (TPSA) is 54.9 Å². The molecule has 1 fully saturated rings. The molecule has 1 aromatic carbocycles. The third-order valence-corrected chi connectivity index (χ3v) is 4.44. The second-order valence-corrected chi connectivity index (χ2v) is 5.91. The predicted molar refractivity (Wildman–Crippen MR) is 75.5 cm³/mol. The van der Waals surface area contributed by atoms with E-state index in [9.17, 15) is 4.79 Å². The fraction of sp³-hybridized carbons (Fsp3) is 0.308. The van der Waals surface area contributed by atoms with Crippen LogP contribution in [0.3, 0.4) is 0 Å². The first-order valence-electron chi connectivity index (χ1n) is 6.04.